The first kappa shape index (κ1) is 23.2. The molecule has 0 heterocycles. The molecule has 3 rings (SSSR count). The van der Waals surface area contributed by atoms with E-state index in [2.05, 4.69) is 34.1 Å². The number of nitrogens with zero attached hydrogens (tertiary/aromatic N) is 1. The highest BCUT2D eigenvalue weighted by atomic mass is 32.2. The molecule has 0 saturated heterocycles. The van der Waals surface area contributed by atoms with Gasteiger partial charge in [-0.15, -0.1) is 0 Å². The summed E-state index contributed by atoms with van der Waals surface area (Å²) in [6, 6.07) is 13.3. The summed E-state index contributed by atoms with van der Waals surface area (Å²) in [7, 11) is -1.62. The molecule has 168 valence electrons. The molecule has 1 aliphatic carbocycles. The molecule has 0 unspecified atom stereocenters. The molecule has 2 aromatic rings. The molecule has 2 N–H and O–H groups in total. The minimum absolute atomic E-state index is 0.0168. The van der Waals surface area contributed by atoms with Gasteiger partial charge < -0.3 is 10.2 Å². The smallest absolute Gasteiger partial charge is 0.240 e. The standard InChI is InChI=1S/C23H30FN3O3S/c1-27(20-5-3-2-4-6-20)21-11-7-18(8-12-21)17-25-23(28)15-16-26-31(29,30)22-13-9-19(24)10-14-22/h7-14,20,26H,2-6,15-17H2,1H3,(H,25,28). The van der Waals surface area contributed by atoms with Crippen LogP contribution in [0.15, 0.2) is 53.4 Å². The molecule has 8 heteroatoms. The van der Waals surface area contributed by atoms with E-state index in [1.165, 1.54) is 49.9 Å². The van der Waals surface area contributed by atoms with Crippen LogP contribution < -0.4 is 14.9 Å². The molecule has 6 nitrogen and oxygen atoms in total. The largest absolute Gasteiger partial charge is 0.372 e. The average Bonchev–Trinajstić information content (AvgIpc) is 2.78. The first-order valence-corrected chi connectivity index (χ1v) is 12.2. The molecular formula is C23H30FN3O3S. The molecule has 0 radical (unpaired) electrons. The number of nitrogens with one attached hydrogen (secondary N) is 2. The summed E-state index contributed by atoms with van der Waals surface area (Å²) < 4.78 is 39.6. The van der Waals surface area contributed by atoms with E-state index in [9.17, 15) is 17.6 Å². The Balaban J connectivity index is 1.41. The number of rotatable bonds is 9. The Hall–Kier alpha value is -2.45. The van der Waals surface area contributed by atoms with Crippen LogP contribution >= 0.6 is 0 Å². The maximum Gasteiger partial charge on any atom is 0.240 e. The summed E-state index contributed by atoms with van der Waals surface area (Å²) in [6.45, 7) is 0.355. The van der Waals surface area contributed by atoms with E-state index in [4.69, 9.17) is 0 Å². The third-order valence-corrected chi connectivity index (χ3v) is 7.20. The van der Waals surface area contributed by atoms with Crippen molar-refractivity contribution in [2.24, 2.45) is 0 Å². The number of hydrogen-bond acceptors (Lipinski definition) is 4. The van der Waals surface area contributed by atoms with Gasteiger partial charge in [0.15, 0.2) is 0 Å². The Kier molecular flexibility index (Phi) is 8.03. The van der Waals surface area contributed by atoms with Crippen molar-refractivity contribution in [1.29, 1.82) is 0 Å². The molecule has 0 spiro atoms. The number of halogens is 1. The van der Waals surface area contributed by atoms with Gasteiger partial charge in [-0.2, -0.15) is 0 Å². The molecule has 2 aromatic carbocycles. The van der Waals surface area contributed by atoms with Gasteiger partial charge in [0.25, 0.3) is 0 Å². The fraction of sp³-hybridized carbons (Fsp3) is 0.435. The predicted molar refractivity (Wildman–Crippen MR) is 120 cm³/mol. The average molecular weight is 448 g/mol. The third-order valence-electron chi connectivity index (χ3n) is 5.72. The number of sulfonamides is 1. The molecule has 1 amide bonds. The number of hydrogen-bond donors (Lipinski definition) is 2. The van der Waals surface area contributed by atoms with Gasteiger partial charge in [0.1, 0.15) is 5.82 Å². The van der Waals surface area contributed by atoms with Gasteiger partial charge in [-0.05, 0) is 54.8 Å². The van der Waals surface area contributed by atoms with E-state index in [0.717, 1.165) is 17.7 Å². The van der Waals surface area contributed by atoms with E-state index in [-0.39, 0.29) is 23.8 Å². The van der Waals surface area contributed by atoms with Crippen LogP contribution in [-0.2, 0) is 21.4 Å². The van der Waals surface area contributed by atoms with Crippen molar-refractivity contribution in [1.82, 2.24) is 10.0 Å². The summed E-state index contributed by atoms with van der Waals surface area (Å²) in [5.41, 5.74) is 2.17. The van der Waals surface area contributed by atoms with E-state index in [1.54, 1.807) is 0 Å². The first-order valence-electron chi connectivity index (χ1n) is 10.7. The highest BCUT2D eigenvalue weighted by Gasteiger charge is 2.18. The lowest BCUT2D eigenvalue weighted by Crippen LogP contribution is -2.33. The minimum Gasteiger partial charge on any atom is -0.372 e. The molecule has 0 bridgehead atoms. The van der Waals surface area contributed by atoms with Crippen LogP contribution in [0.4, 0.5) is 10.1 Å². The van der Waals surface area contributed by atoms with Crippen LogP contribution in [0.2, 0.25) is 0 Å². The van der Waals surface area contributed by atoms with Crippen molar-refractivity contribution in [2.75, 3.05) is 18.5 Å². The molecular weight excluding hydrogens is 417 g/mol. The predicted octanol–water partition coefficient (Wildman–Crippen LogP) is 3.58. The van der Waals surface area contributed by atoms with Crippen LogP contribution in [0, 0.1) is 5.82 Å². The second-order valence-corrected chi connectivity index (χ2v) is 9.71. The fourth-order valence-corrected chi connectivity index (χ4v) is 4.84. The van der Waals surface area contributed by atoms with Gasteiger partial charge in [-0.25, -0.2) is 17.5 Å². The Bertz CT molecular complexity index is 957. The summed E-state index contributed by atoms with van der Waals surface area (Å²) in [4.78, 5) is 14.4. The molecule has 0 atom stereocenters. The highest BCUT2D eigenvalue weighted by Crippen LogP contribution is 2.26. The summed E-state index contributed by atoms with van der Waals surface area (Å²) in [5.74, 6) is -0.753. The third kappa shape index (κ3) is 6.77. The molecule has 1 fully saturated rings. The topological polar surface area (TPSA) is 78.5 Å². The summed E-state index contributed by atoms with van der Waals surface area (Å²) in [5, 5.41) is 2.81. The summed E-state index contributed by atoms with van der Waals surface area (Å²) >= 11 is 0. The van der Waals surface area contributed by atoms with Crippen LogP contribution in [0.5, 0.6) is 0 Å². The quantitative estimate of drug-likeness (QED) is 0.616. The van der Waals surface area contributed by atoms with Gasteiger partial charge in [-0.3, -0.25) is 4.79 Å². The lowest BCUT2D eigenvalue weighted by molar-refractivity contribution is -0.121. The molecule has 0 aromatic heterocycles. The first-order chi connectivity index (χ1) is 14.8. The SMILES string of the molecule is CN(c1ccc(CNC(=O)CCNS(=O)(=O)c2ccc(F)cc2)cc1)C1CCCCC1. The molecule has 1 aliphatic rings. The number of benzene rings is 2. The van der Waals surface area contributed by atoms with Crippen molar-refractivity contribution in [2.45, 2.75) is 56.0 Å². The van der Waals surface area contributed by atoms with Crippen molar-refractivity contribution in [3.05, 3.63) is 59.9 Å². The fourth-order valence-electron chi connectivity index (χ4n) is 3.81. The van der Waals surface area contributed by atoms with Crippen LogP contribution in [0.25, 0.3) is 0 Å². The lowest BCUT2D eigenvalue weighted by atomic mass is 9.94. The Morgan fingerprint density at radius 3 is 2.32 bits per heavy atom. The molecule has 31 heavy (non-hydrogen) atoms. The van der Waals surface area contributed by atoms with Gasteiger partial charge in [-0.1, -0.05) is 31.4 Å². The van der Waals surface area contributed by atoms with Crippen LogP contribution in [0.3, 0.4) is 0 Å². The normalized spacial score (nSPS) is 14.9. The Labute approximate surface area is 183 Å². The van der Waals surface area contributed by atoms with E-state index in [1.807, 2.05) is 12.1 Å². The molecule has 1 saturated carbocycles. The monoisotopic (exact) mass is 447 g/mol. The Morgan fingerprint density at radius 1 is 1.03 bits per heavy atom. The summed E-state index contributed by atoms with van der Waals surface area (Å²) in [6.07, 6.45) is 6.40. The van der Waals surface area contributed by atoms with Gasteiger partial charge in [0, 0.05) is 38.3 Å². The van der Waals surface area contributed by atoms with Crippen molar-refractivity contribution < 1.29 is 17.6 Å². The number of carbonyl (C=O) groups excluding carboxylic acids is 1. The maximum atomic E-state index is 12.9. The number of anilines is 1. The maximum absolute atomic E-state index is 12.9. The highest BCUT2D eigenvalue weighted by molar-refractivity contribution is 7.89. The second kappa shape index (κ2) is 10.7. The van der Waals surface area contributed by atoms with Crippen molar-refractivity contribution in [3.63, 3.8) is 0 Å². The Morgan fingerprint density at radius 2 is 1.68 bits per heavy atom. The van der Waals surface area contributed by atoms with Crippen LogP contribution in [-0.4, -0.2) is 34.0 Å². The van der Waals surface area contributed by atoms with Gasteiger partial charge >= 0.3 is 0 Å². The van der Waals surface area contributed by atoms with Crippen LogP contribution in [0.1, 0.15) is 44.1 Å². The van der Waals surface area contributed by atoms with Crippen molar-refractivity contribution >= 4 is 21.6 Å². The zero-order valence-corrected chi connectivity index (χ0v) is 18.6. The lowest BCUT2D eigenvalue weighted by Gasteiger charge is -2.33. The number of carbonyl (C=O) groups is 1. The van der Waals surface area contributed by atoms with E-state index < -0.39 is 15.8 Å². The zero-order chi connectivity index (χ0) is 22.3. The number of amides is 1. The zero-order valence-electron chi connectivity index (χ0n) is 17.8. The molecule has 0 aliphatic heterocycles. The van der Waals surface area contributed by atoms with Gasteiger partial charge in [0.05, 0.1) is 4.90 Å². The second-order valence-electron chi connectivity index (χ2n) is 7.95. The van der Waals surface area contributed by atoms with Crippen molar-refractivity contribution in [3.8, 4) is 0 Å². The van der Waals surface area contributed by atoms with Gasteiger partial charge in [0.2, 0.25) is 15.9 Å². The minimum atomic E-state index is -3.76. The van der Waals surface area contributed by atoms with E-state index in [0.29, 0.717) is 12.6 Å². The van der Waals surface area contributed by atoms with E-state index >= 15 is 0 Å².